The highest BCUT2D eigenvalue weighted by Gasteiger charge is 2.17. The van der Waals surface area contributed by atoms with Gasteiger partial charge in [-0.05, 0) is 50.5 Å². The molecule has 1 heterocycles. The molecule has 0 aromatic heterocycles. The van der Waals surface area contributed by atoms with E-state index in [-0.39, 0.29) is 18.6 Å². The Morgan fingerprint density at radius 2 is 1.86 bits per heavy atom. The molecule has 1 aromatic rings. The number of hydrogen-bond donors (Lipinski definition) is 0. The van der Waals surface area contributed by atoms with Crippen molar-refractivity contribution in [2.45, 2.75) is 45.6 Å². The van der Waals surface area contributed by atoms with Gasteiger partial charge in [-0.15, -0.1) is 0 Å². The van der Waals surface area contributed by atoms with E-state index in [0.29, 0.717) is 22.1 Å². The second-order valence-electron chi connectivity index (χ2n) is 6.94. The number of methoxy groups -OCH3 is 1. The van der Waals surface area contributed by atoms with E-state index in [1.165, 1.54) is 13.2 Å². The fourth-order valence-electron chi connectivity index (χ4n) is 2.94. The van der Waals surface area contributed by atoms with Crippen LogP contribution in [0.5, 0.6) is 11.5 Å². The van der Waals surface area contributed by atoms with Gasteiger partial charge >= 0.3 is 5.97 Å². The van der Waals surface area contributed by atoms with Gasteiger partial charge in [-0.2, -0.15) is 0 Å². The Balaban J connectivity index is 1.94. The van der Waals surface area contributed by atoms with Gasteiger partial charge in [-0.1, -0.05) is 24.4 Å². The number of esters is 1. The van der Waals surface area contributed by atoms with Crippen molar-refractivity contribution >= 4 is 29.6 Å². The van der Waals surface area contributed by atoms with Gasteiger partial charge in [-0.3, -0.25) is 4.79 Å². The van der Waals surface area contributed by atoms with Gasteiger partial charge in [0, 0.05) is 19.2 Å². The Labute approximate surface area is 171 Å². The predicted molar refractivity (Wildman–Crippen MR) is 109 cm³/mol. The zero-order valence-electron chi connectivity index (χ0n) is 16.7. The van der Waals surface area contributed by atoms with Crippen LogP contribution in [-0.4, -0.2) is 49.7 Å². The van der Waals surface area contributed by atoms with E-state index >= 15 is 0 Å². The first-order valence-corrected chi connectivity index (χ1v) is 9.95. The first-order chi connectivity index (χ1) is 13.4. The summed E-state index contributed by atoms with van der Waals surface area (Å²) in [5.74, 6) is 0.205. The maximum atomic E-state index is 12.2. The second kappa shape index (κ2) is 11.0. The molecule has 1 saturated heterocycles. The van der Waals surface area contributed by atoms with Crippen LogP contribution in [0.4, 0.5) is 0 Å². The molecule has 28 heavy (non-hydrogen) atoms. The van der Waals surface area contributed by atoms with E-state index < -0.39 is 5.97 Å². The fourth-order valence-corrected chi connectivity index (χ4v) is 3.21. The minimum absolute atomic E-state index is 0.0514. The monoisotopic (exact) mass is 409 g/mol. The molecule has 1 aromatic carbocycles. The van der Waals surface area contributed by atoms with Crippen molar-refractivity contribution < 1.29 is 23.8 Å². The average molecular weight is 410 g/mol. The molecule has 1 amide bonds. The number of rotatable bonds is 7. The summed E-state index contributed by atoms with van der Waals surface area (Å²) >= 11 is 6.27. The van der Waals surface area contributed by atoms with Crippen molar-refractivity contribution in [3.8, 4) is 11.5 Å². The van der Waals surface area contributed by atoms with E-state index in [1.54, 1.807) is 23.1 Å². The summed E-state index contributed by atoms with van der Waals surface area (Å²) < 4.78 is 16.1. The fraction of sp³-hybridized carbons (Fsp3) is 0.524. The summed E-state index contributed by atoms with van der Waals surface area (Å²) in [6.07, 6.45) is 7.05. The topological polar surface area (TPSA) is 65.1 Å². The molecule has 1 aliphatic heterocycles. The molecule has 0 N–H and O–H groups in total. The van der Waals surface area contributed by atoms with Gasteiger partial charge in [0.05, 0.1) is 18.2 Å². The van der Waals surface area contributed by atoms with Crippen molar-refractivity contribution in [1.29, 1.82) is 0 Å². The van der Waals surface area contributed by atoms with Crippen LogP contribution in [0.3, 0.4) is 0 Å². The molecule has 2 rings (SSSR count). The van der Waals surface area contributed by atoms with E-state index in [1.807, 2.05) is 13.8 Å². The highest BCUT2D eigenvalue weighted by Crippen LogP contribution is 2.37. The lowest BCUT2D eigenvalue weighted by Gasteiger charge is -2.19. The number of nitrogens with zero attached hydrogens (tertiary/aromatic N) is 1. The zero-order chi connectivity index (χ0) is 20.5. The van der Waals surface area contributed by atoms with Crippen molar-refractivity contribution in [2.75, 3.05) is 26.8 Å². The molecule has 1 aliphatic rings. The number of carbonyl (C=O) groups excluding carboxylic acids is 2. The number of amides is 1. The number of hydrogen-bond acceptors (Lipinski definition) is 5. The molecular weight excluding hydrogens is 382 g/mol. The third-order valence-corrected chi connectivity index (χ3v) is 4.59. The molecule has 0 unspecified atom stereocenters. The molecule has 0 radical (unpaired) electrons. The molecule has 154 valence electrons. The summed E-state index contributed by atoms with van der Waals surface area (Å²) in [6, 6.07) is 3.39. The van der Waals surface area contributed by atoms with Crippen LogP contribution in [-0.2, 0) is 14.3 Å². The lowest BCUT2D eigenvalue weighted by Crippen LogP contribution is -2.35. The maximum absolute atomic E-state index is 12.2. The largest absolute Gasteiger partial charge is 0.493 e. The van der Waals surface area contributed by atoms with Crippen molar-refractivity contribution in [1.82, 2.24) is 4.90 Å². The number of halogens is 1. The molecule has 0 bridgehead atoms. The van der Waals surface area contributed by atoms with Gasteiger partial charge in [0.1, 0.15) is 0 Å². The summed E-state index contributed by atoms with van der Waals surface area (Å²) in [5, 5.41) is 0.386. The summed E-state index contributed by atoms with van der Waals surface area (Å²) in [7, 11) is 1.52. The lowest BCUT2D eigenvalue weighted by molar-refractivity contribution is -0.148. The molecule has 6 nitrogen and oxygen atoms in total. The van der Waals surface area contributed by atoms with Crippen LogP contribution in [0, 0.1) is 0 Å². The molecule has 0 atom stereocenters. The number of benzene rings is 1. The first kappa shape index (κ1) is 22.1. The molecule has 0 saturated carbocycles. The zero-order valence-corrected chi connectivity index (χ0v) is 17.5. The van der Waals surface area contributed by atoms with Gasteiger partial charge in [0.25, 0.3) is 5.91 Å². The standard InChI is InChI=1S/C21H28ClNO5/c1-15(2)28-21-17(22)12-16(13-18(21)26-3)8-9-20(25)27-14-19(24)23-10-6-4-5-7-11-23/h8-9,12-13,15H,4-7,10-11,14H2,1-3H3/b9-8+. The van der Waals surface area contributed by atoms with Gasteiger partial charge in [0.2, 0.25) is 0 Å². The van der Waals surface area contributed by atoms with Crippen LogP contribution in [0.1, 0.15) is 45.1 Å². The Bertz CT molecular complexity index is 709. The molecule has 7 heteroatoms. The van der Waals surface area contributed by atoms with Crippen LogP contribution in [0.25, 0.3) is 6.08 Å². The Hall–Kier alpha value is -2.21. The third-order valence-electron chi connectivity index (χ3n) is 4.31. The van der Waals surface area contributed by atoms with Gasteiger partial charge in [-0.25, -0.2) is 4.79 Å². The normalized spacial score (nSPS) is 14.8. The molecule has 0 aliphatic carbocycles. The van der Waals surface area contributed by atoms with Crippen molar-refractivity contribution in [2.24, 2.45) is 0 Å². The minimum atomic E-state index is -0.583. The highest BCUT2D eigenvalue weighted by molar-refractivity contribution is 6.32. The van der Waals surface area contributed by atoms with E-state index in [9.17, 15) is 9.59 Å². The Morgan fingerprint density at radius 1 is 1.18 bits per heavy atom. The van der Waals surface area contributed by atoms with Crippen LogP contribution < -0.4 is 9.47 Å². The summed E-state index contributed by atoms with van der Waals surface area (Å²) in [6.45, 7) is 5.01. The van der Waals surface area contributed by atoms with Gasteiger partial charge in [0.15, 0.2) is 18.1 Å². The van der Waals surface area contributed by atoms with Crippen LogP contribution in [0.15, 0.2) is 18.2 Å². The smallest absolute Gasteiger partial charge is 0.331 e. The Kier molecular flexibility index (Phi) is 8.64. The van der Waals surface area contributed by atoms with Crippen LogP contribution >= 0.6 is 11.6 Å². The van der Waals surface area contributed by atoms with E-state index in [4.69, 9.17) is 25.8 Å². The quantitative estimate of drug-likeness (QED) is 0.501. The summed E-state index contributed by atoms with van der Waals surface area (Å²) in [5.41, 5.74) is 0.661. The minimum Gasteiger partial charge on any atom is -0.493 e. The first-order valence-electron chi connectivity index (χ1n) is 9.57. The SMILES string of the molecule is COc1cc(/C=C/C(=O)OCC(=O)N2CCCCCC2)cc(Cl)c1OC(C)C. The average Bonchev–Trinajstić information content (AvgIpc) is 2.95. The lowest BCUT2D eigenvalue weighted by atomic mass is 10.2. The molecule has 0 spiro atoms. The molecule has 1 fully saturated rings. The van der Waals surface area contributed by atoms with Crippen LogP contribution in [0.2, 0.25) is 5.02 Å². The highest BCUT2D eigenvalue weighted by atomic mass is 35.5. The van der Waals surface area contributed by atoms with Crippen molar-refractivity contribution in [3.63, 3.8) is 0 Å². The number of likely N-dealkylation sites (tertiary alicyclic amines) is 1. The van der Waals surface area contributed by atoms with Crippen molar-refractivity contribution in [3.05, 3.63) is 28.8 Å². The second-order valence-corrected chi connectivity index (χ2v) is 7.34. The maximum Gasteiger partial charge on any atom is 0.331 e. The summed E-state index contributed by atoms with van der Waals surface area (Å²) in [4.78, 5) is 25.9. The predicted octanol–water partition coefficient (Wildman–Crippen LogP) is 4.09. The molecular formula is C21H28ClNO5. The Morgan fingerprint density at radius 3 is 2.46 bits per heavy atom. The van der Waals surface area contributed by atoms with E-state index in [2.05, 4.69) is 0 Å². The third kappa shape index (κ3) is 6.75. The van der Waals surface area contributed by atoms with E-state index in [0.717, 1.165) is 38.8 Å². The number of ether oxygens (including phenoxy) is 3. The van der Waals surface area contributed by atoms with Gasteiger partial charge < -0.3 is 19.1 Å². The number of carbonyl (C=O) groups is 2.